The molecule has 0 radical (unpaired) electrons. The van der Waals surface area contributed by atoms with Crippen molar-refractivity contribution in [3.63, 3.8) is 0 Å². The topological polar surface area (TPSA) is 92.3 Å². The van der Waals surface area contributed by atoms with E-state index in [4.69, 9.17) is 10.7 Å². The zero-order valence-electron chi connectivity index (χ0n) is 17.7. The van der Waals surface area contributed by atoms with Gasteiger partial charge in [-0.25, -0.2) is 9.97 Å². The van der Waals surface area contributed by atoms with Crippen LogP contribution < -0.4 is 10.6 Å². The number of carbonyl (C=O) groups excluding carboxylic acids is 1. The highest BCUT2D eigenvalue weighted by atomic mass is 16.3. The Balaban J connectivity index is 1.52. The smallest absolute Gasteiger partial charge is 0.252 e. The minimum Gasteiger partial charge on any atom is -0.390 e. The van der Waals surface area contributed by atoms with Gasteiger partial charge < -0.3 is 15.7 Å². The van der Waals surface area contributed by atoms with Crippen molar-refractivity contribution < 1.29 is 9.90 Å². The molecule has 0 spiro atoms. The highest BCUT2D eigenvalue weighted by Gasteiger charge is 2.56. The van der Waals surface area contributed by atoms with Gasteiger partial charge in [0.2, 0.25) is 5.95 Å². The number of anilines is 1. The number of nitrogens with zero attached hydrogens (tertiary/aromatic N) is 3. The second-order valence-corrected chi connectivity index (χ2v) is 10.5. The van der Waals surface area contributed by atoms with Crippen LogP contribution in [0.5, 0.6) is 0 Å². The summed E-state index contributed by atoms with van der Waals surface area (Å²) in [5.74, 6) is 2.32. The summed E-state index contributed by atoms with van der Waals surface area (Å²) in [6.07, 6.45) is 11.4. The van der Waals surface area contributed by atoms with Gasteiger partial charge in [0.1, 0.15) is 0 Å². The molecule has 4 bridgehead atoms. The number of amides is 1. The quantitative estimate of drug-likeness (QED) is 0.793. The van der Waals surface area contributed by atoms with Gasteiger partial charge in [-0.3, -0.25) is 4.79 Å². The standard InChI is InChI=1S/C23H34N4O2/c1-13(2)27(20-16-7-14-8-17(20)11-23(29,9-14)10-16)22-25-12-18(21(24)28)19(26-22)15-5-3-4-6-15/h12-17,20,29H,3-11H2,1-2H3,(H2,24,28). The summed E-state index contributed by atoms with van der Waals surface area (Å²) in [5, 5.41) is 11.0. The van der Waals surface area contributed by atoms with Crippen LogP contribution in [0.4, 0.5) is 5.95 Å². The minimum absolute atomic E-state index is 0.267. The minimum atomic E-state index is -0.443. The lowest BCUT2D eigenvalue weighted by Crippen LogP contribution is -2.63. The van der Waals surface area contributed by atoms with Crippen LogP contribution in [0.3, 0.4) is 0 Å². The third-order valence-corrected chi connectivity index (χ3v) is 8.11. The number of primary amides is 1. The predicted molar refractivity (Wildman–Crippen MR) is 112 cm³/mol. The van der Waals surface area contributed by atoms with Crippen LogP contribution in [-0.2, 0) is 0 Å². The summed E-state index contributed by atoms with van der Waals surface area (Å²) in [6.45, 7) is 4.42. The molecule has 2 unspecified atom stereocenters. The van der Waals surface area contributed by atoms with E-state index in [0.29, 0.717) is 35.3 Å². The molecule has 1 aromatic rings. The molecule has 0 aromatic carbocycles. The number of hydrogen-bond donors (Lipinski definition) is 2. The molecule has 6 nitrogen and oxygen atoms in total. The normalized spacial score (nSPS) is 36.1. The molecule has 5 aliphatic carbocycles. The Labute approximate surface area is 173 Å². The summed E-state index contributed by atoms with van der Waals surface area (Å²) in [6, 6.07) is 0.644. The van der Waals surface area contributed by atoms with E-state index in [1.807, 2.05) is 0 Å². The molecule has 3 N–H and O–H groups in total. The van der Waals surface area contributed by atoms with Crippen molar-refractivity contribution in [2.24, 2.45) is 23.5 Å². The molecule has 1 heterocycles. The van der Waals surface area contributed by atoms with Gasteiger partial charge in [-0.05, 0) is 76.5 Å². The van der Waals surface area contributed by atoms with Crippen LogP contribution in [0.15, 0.2) is 6.20 Å². The van der Waals surface area contributed by atoms with Gasteiger partial charge in [-0.1, -0.05) is 12.8 Å². The lowest BCUT2D eigenvalue weighted by Gasteiger charge is -2.60. The van der Waals surface area contributed by atoms with Crippen molar-refractivity contribution in [1.29, 1.82) is 0 Å². The molecule has 0 saturated heterocycles. The monoisotopic (exact) mass is 398 g/mol. The molecule has 6 rings (SSSR count). The number of carbonyl (C=O) groups is 1. The van der Waals surface area contributed by atoms with E-state index >= 15 is 0 Å². The van der Waals surface area contributed by atoms with E-state index in [2.05, 4.69) is 23.7 Å². The van der Waals surface area contributed by atoms with Crippen LogP contribution in [0.1, 0.15) is 93.6 Å². The number of aromatic nitrogens is 2. The number of hydrogen-bond acceptors (Lipinski definition) is 5. The first-order valence-corrected chi connectivity index (χ1v) is 11.5. The predicted octanol–water partition coefficient (Wildman–Crippen LogP) is 3.39. The SMILES string of the molecule is CC(C)N(c1ncc(C(N)=O)c(C2CCCC2)n1)C1C2CC3CC1CC(O)(C3)C2. The molecule has 2 atom stereocenters. The van der Waals surface area contributed by atoms with E-state index in [9.17, 15) is 9.90 Å². The highest BCUT2D eigenvalue weighted by molar-refractivity contribution is 5.93. The van der Waals surface area contributed by atoms with Crippen molar-refractivity contribution >= 4 is 11.9 Å². The number of rotatable bonds is 5. The third-order valence-electron chi connectivity index (χ3n) is 8.11. The zero-order chi connectivity index (χ0) is 20.3. The van der Waals surface area contributed by atoms with Crippen molar-refractivity contribution in [2.75, 3.05) is 4.90 Å². The fourth-order valence-corrected chi connectivity index (χ4v) is 7.33. The van der Waals surface area contributed by atoms with Crippen molar-refractivity contribution in [2.45, 2.75) is 95.2 Å². The van der Waals surface area contributed by atoms with Crippen LogP contribution in [0.2, 0.25) is 0 Å². The average Bonchev–Trinajstić information content (AvgIpc) is 3.17. The summed E-state index contributed by atoms with van der Waals surface area (Å²) in [4.78, 5) is 24.1. The first kappa shape index (κ1) is 19.3. The Hall–Kier alpha value is -1.69. The fraction of sp³-hybridized carbons (Fsp3) is 0.783. The molecular weight excluding hydrogens is 364 g/mol. The maximum Gasteiger partial charge on any atom is 0.252 e. The van der Waals surface area contributed by atoms with Gasteiger partial charge in [-0.15, -0.1) is 0 Å². The Morgan fingerprint density at radius 1 is 1.21 bits per heavy atom. The Morgan fingerprint density at radius 2 is 1.86 bits per heavy atom. The molecule has 29 heavy (non-hydrogen) atoms. The van der Waals surface area contributed by atoms with E-state index in [0.717, 1.165) is 43.7 Å². The molecule has 0 aliphatic heterocycles. The summed E-state index contributed by atoms with van der Waals surface area (Å²) < 4.78 is 0. The first-order chi connectivity index (χ1) is 13.8. The summed E-state index contributed by atoms with van der Waals surface area (Å²) in [5.41, 5.74) is 6.56. The van der Waals surface area contributed by atoms with E-state index in [1.54, 1.807) is 6.20 Å². The Kier molecular flexibility index (Phi) is 4.61. The summed E-state index contributed by atoms with van der Waals surface area (Å²) in [7, 11) is 0. The number of nitrogens with two attached hydrogens (primary N) is 1. The second-order valence-electron chi connectivity index (χ2n) is 10.5. The maximum atomic E-state index is 12.0. The molecule has 1 amide bonds. The summed E-state index contributed by atoms with van der Waals surface area (Å²) >= 11 is 0. The Bertz CT molecular complexity index is 788. The van der Waals surface area contributed by atoms with Gasteiger partial charge in [0.05, 0.1) is 16.9 Å². The molecule has 6 heteroatoms. The lowest BCUT2D eigenvalue weighted by molar-refractivity contribution is -0.134. The van der Waals surface area contributed by atoms with Gasteiger partial charge in [-0.2, -0.15) is 0 Å². The molecule has 1 aromatic heterocycles. The van der Waals surface area contributed by atoms with Crippen molar-refractivity contribution in [3.8, 4) is 0 Å². The van der Waals surface area contributed by atoms with Gasteiger partial charge >= 0.3 is 0 Å². The average molecular weight is 399 g/mol. The zero-order valence-corrected chi connectivity index (χ0v) is 17.7. The van der Waals surface area contributed by atoms with Gasteiger partial charge in [0, 0.05) is 24.2 Å². The maximum absolute atomic E-state index is 12.0. The van der Waals surface area contributed by atoms with E-state index in [-0.39, 0.29) is 6.04 Å². The molecule has 5 saturated carbocycles. The highest BCUT2D eigenvalue weighted by Crippen LogP contribution is 2.57. The molecule has 5 aliphatic rings. The van der Waals surface area contributed by atoms with Crippen LogP contribution in [0, 0.1) is 17.8 Å². The van der Waals surface area contributed by atoms with E-state index < -0.39 is 11.5 Å². The number of aliphatic hydroxyl groups is 1. The second kappa shape index (κ2) is 6.93. The largest absolute Gasteiger partial charge is 0.390 e. The molecular formula is C23H34N4O2. The molecule has 5 fully saturated rings. The Morgan fingerprint density at radius 3 is 2.41 bits per heavy atom. The lowest BCUT2D eigenvalue weighted by atomic mass is 9.52. The van der Waals surface area contributed by atoms with Crippen LogP contribution in [-0.4, -0.2) is 38.7 Å². The van der Waals surface area contributed by atoms with Crippen molar-refractivity contribution in [1.82, 2.24) is 9.97 Å². The third kappa shape index (κ3) is 3.24. The van der Waals surface area contributed by atoms with Gasteiger partial charge in [0.25, 0.3) is 5.91 Å². The van der Waals surface area contributed by atoms with Crippen LogP contribution in [0.25, 0.3) is 0 Å². The van der Waals surface area contributed by atoms with E-state index in [1.165, 1.54) is 25.7 Å². The van der Waals surface area contributed by atoms with Gasteiger partial charge in [0.15, 0.2) is 0 Å². The van der Waals surface area contributed by atoms with Crippen LogP contribution >= 0.6 is 0 Å². The van der Waals surface area contributed by atoms with Crippen molar-refractivity contribution in [3.05, 3.63) is 17.5 Å². The first-order valence-electron chi connectivity index (χ1n) is 11.5. The molecule has 158 valence electrons. The fourth-order valence-electron chi connectivity index (χ4n) is 7.33.